The van der Waals surface area contributed by atoms with Crippen molar-refractivity contribution in [3.05, 3.63) is 23.8 Å². The maximum atomic E-state index is 12.2. The van der Waals surface area contributed by atoms with Crippen LogP contribution in [-0.2, 0) is 4.74 Å². The van der Waals surface area contributed by atoms with Crippen LogP contribution >= 0.6 is 0 Å². The van der Waals surface area contributed by atoms with Crippen LogP contribution in [-0.4, -0.2) is 49.4 Å². The van der Waals surface area contributed by atoms with Gasteiger partial charge in [0.15, 0.2) is 0 Å². The molecule has 0 aliphatic carbocycles. The van der Waals surface area contributed by atoms with Gasteiger partial charge in [-0.1, -0.05) is 11.8 Å². The zero-order valence-corrected chi connectivity index (χ0v) is 17.4. The number of carbonyl (C=O) groups excluding carboxylic acids is 1. The third kappa shape index (κ3) is 7.32. The van der Waals surface area contributed by atoms with Crippen molar-refractivity contribution in [2.45, 2.75) is 58.2 Å². The first-order valence-corrected chi connectivity index (χ1v) is 9.83. The van der Waals surface area contributed by atoms with E-state index in [1.807, 2.05) is 39.0 Å². The van der Waals surface area contributed by atoms with E-state index >= 15 is 0 Å². The fourth-order valence-electron chi connectivity index (χ4n) is 2.86. The van der Waals surface area contributed by atoms with Crippen molar-refractivity contribution in [3.63, 3.8) is 0 Å². The van der Waals surface area contributed by atoms with E-state index in [1.54, 1.807) is 12.0 Å². The number of carbonyl (C=O) groups is 1. The van der Waals surface area contributed by atoms with Crippen molar-refractivity contribution < 1.29 is 19.0 Å². The van der Waals surface area contributed by atoms with Gasteiger partial charge in [-0.3, -0.25) is 0 Å². The van der Waals surface area contributed by atoms with Crippen LogP contribution in [0.3, 0.4) is 0 Å². The standard InChI is InChI=1S/C22H32N2O4/c1-22(2,3)28-21(25)24-12-9-18(10-13-24)27-20-15-17(8-6-5-7-11-23)14-19(16-20)26-4/h14-16,18H,5,7,9-13,23H2,1-4H3. The number of unbranched alkanes of at least 4 members (excludes halogenated alkanes) is 1. The number of rotatable bonds is 5. The Labute approximate surface area is 168 Å². The highest BCUT2D eigenvalue weighted by molar-refractivity contribution is 5.68. The number of piperidine rings is 1. The van der Waals surface area contributed by atoms with Crippen LogP contribution in [0.2, 0.25) is 0 Å². The molecule has 28 heavy (non-hydrogen) atoms. The lowest BCUT2D eigenvalue weighted by Crippen LogP contribution is -2.44. The highest BCUT2D eigenvalue weighted by Crippen LogP contribution is 2.26. The third-order valence-corrected chi connectivity index (χ3v) is 4.25. The van der Waals surface area contributed by atoms with Gasteiger partial charge in [0.25, 0.3) is 0 Å². The highest BCUT2D eigenvalue weighted by Gasteiger charge is 2.27. The summed E-state index contributed by atoms with van der Waals surface area (Å²) in [5, 5.41) is 0. The zero-order chi connectivity index (χ0) is 20.6. The molecule has 1 aromatic rings. The fourth-order valence-corrected chi connectivity index (χ4v) is 2.86. The number of methoxy groups -OCH3 is 1. The summed E-state index contributed by atoms with van der Waals surface area (Å²) in [5.41, 5.74) is 5.88. The van der Waals surface area contributed by atoms with Crippen LogP contribution in [0.1, 0.15) is 52.0 Å². The summed E-state index contributed by atoms with van der Waals surface area (Å²) >= 11 is 0. The predicted molar refractivity (Wildman–Crippen MR) is 110 cm³/mol. The molecule has 0 bridgehead atoms. The van der Waals surface area contributed by atoms with Gasteiger partial charge in [0.2, 0.25) is 0 Å². The van der Waals surface area contributed by atoms with E-state index in [4.69, 9.17) is 19.9 Å². The molecule has 6 nitrogen and oxygen atoms in total. The molecule has 0 unspecified atom stereocenters. The Morgan fingerprint density at radius 3 is 2.50 bits per heavy atom. The number of likely N-dealkylation sites (tertiary alicyclic amines) is 1. The number of benzene rings is 1. The first-order chi connectivity index (χ1) is 13.3. The fraction of sp³-hybridized carbons (Fsp3) is 0.591. The summed E-state index contributed by atoms with van der Waals surface area (Å²) < 4.78 is 17.0. The van der Waals surface area contributed by atoms with Gasteiger partial charge >= 0.3 is 6.09 Å². The summed E-state index contributed by atoms with van der Waals surface area (Å²) in [6, 6.07) is 5.69. The van der Waals surface area contributed by atoms with E-state index in [0.717, 1.165) is 37.0 Å². The van der Waals surface area contributed by atoms with Crippen molar-refractivity contribution in [2.24, 2.45) is 5.73 Å². The molecule has 0 radical (unpaired) electrons. The molecule has 0 spiro atoms. The van der Waals surface area contributed by atoms with Gasteiger partial charge in [0.05, 0.1) is 7.11 Å². The molecule has 2 N–H and O–H groups in total. The Morgan fingerprint density at radius 1 is 1.21 bits per heavy atom. The molecular formula is C22H32N2O4. The summed E-state index contributed by atoms with van der Waals surface area (Å²) in [7, 11) is 1.63. The second-order valence-electron chi connectivity index (χ2n) is 7.88. The Morgan fingerprint density at radius 2 is 1.89 bits per heavy atom. The van der Waals surface area contributed by atoms with E-state index in [-0.39, 0.29) is 12.2 Å². The van der Waals surface area contributed by atoms with Gasteiger partial charge < -0.3 is 24.8 Å². The monoisotopic (exact) mass is 388 g/mol. The lowest BCUT2D eigenvalue weighted by atomic mass is 10.1. The summed E-state index contributed by atoms with van der Waals surface area (Å²) in [6.45, 7) is 7.51. The van der Waals surface area contributed by atoms with Crippen LogP contribution in [0.25, 0.3) is 0 Å². The van der Waals surface area contributed by atoms with Gasteiger partial charge in [0.1, 0.15) is 23.2 Å². The quantitative estimate of drug-likeness (QED) is 0.617. The highest BCUT2D eigenvalue weighted by atomic mass is 16.6. The van der Waals surface area contributed by atoms with Crippen LogP contribution in [0.5, 0.6) is 11.5 Å². The van der Waals surface area contributed by atoms with Gasteiger partial charge in [-0.15, -0.1) is 0 Å². The summed E-state index contributed by atoms with van der Waals surface area (Å²) in [4.78, 5) is 13.9. The Hall–Kier alpha value is -2.39. The second-order valence-corrected chi connectivity index (χ2v) is 7.88. The first-order valence-electron chi connectivity index (χ1n) is 9.83. The predicted octanol–water partition coefficient (Wildman–Crippen LogP) is 3.56. The third-order valence-electron chi connectivity index (χ3n) is 4.25. The van der Waals surface area contributed by atoms with Crippen molar-refractivity contribution in [3.8, 4) is 23.3 Å². The van der Waals surface area contributed by atoms with Crippen LogP contribution in [0.15, 0.2) is 18.2 Å². The van der Waals surface area contributed by atoms with Crippen molar-refractivity contribution in [2.75, 3.05) is 26.7 Å². The van der Waals surface area contributed by atoms with E-state index in [2.05, 4.69) is 11.8 Å². The molecule has 0 aromatic heterocycles. The van der Waals surface area contributed by atoms with Crippen LogP contribution in [0.4, 0.5) is 4.79 Å². The summed E-state index contributed by atoms with van der Waals surface area (Å²) in [6.07, 6.45) is 2.96. The van der Waals surface area contributed by atoms with E-state index < -0.39 is 5.60 Å². The summed E-state index contributed by atoms with van der Waals surface area (Å²) in [5.74, 6) is 7.71. The van der Waals surface area contributed by atoms with Gasteiger partial charge in [-0.2, -0.15) is 0 Å². The molecule has 1 aliphatic rings. The molecule has 1 amide bonds. The Kier molecular flexibility index (Phi) is 8.01. The molecule has 0 atom stereocenters. The number of hydrogen-bond donors (Lipinski definition) is 1. The Balaban J connectivity index is 1.94. The minimum Gasteiger partial charge on any atom is -0.497 e. The molecule has 1 saturated heterocycles. The number of nitrogens with two attached hydrogens (primary N) is 1. The number of amides is 1. The SMILES string of the molecule is COc1cc(C#CCCCN)cc(OC2CCN(C(=O)OC(C)(C)C)CC2)c1. The molecular weight excluding hydrogens is 356 g/mol. The lowest BCUT2D eigenvalue weighted by molar-refractivity contribution is 0.0126. The average Bonchev–Trinajstić information content (AvgIpc) is 2.64. The minimum atomic E-state index is -0.480. The maximum absolute atomic E-state index is 12.2. The minimum absolute atomic E-state index is 0.0452. The number of nitrogens with zero attached hydrogens (tertiary/aromatic N) is 1. The Bertz CT molecular complexity index is 707. The van der Waals surface area contributed by atoms with Gasteiger partial charge in [0, 0.05) is 44.0 Å². The average molecular weight is 389 g/mol. The van der Waals surface area contributed by atoms with Gasteiger partial charge in [-0.05, 0) is 45.9 Å². The lowest BCUT2D eigenvalue weighted by Gasteiger charge is -2.33. The topological polar surface area (TPSA) is 74.0 Å². The van der Waals surface area contributed by atoms with E-state index in [1.165, 1.54) is 0 Å². The molecule has 154 valence electrons. The maximum Gasteiger partial charge on any atom is 0.410 e. The molecule has 6 heteroatoms. The largest absolute Gasteiger partial charge is 0.497 e. The zero-order valence-electron chi connectivity index (χ0n) is 17.4. The number of hydrogen-bond acceptors (Lipinski definition) is 5. The van der Waals surface area contributed by atoms with Crippen molar-refractivity contribution in [1.29, 1.82) is 0 Å². The number of ether oxygens (including phenoxy) is 3. The molecule has 1 heterocycles. The van der Waals surface area contributed by atoms with Crippen LogP contribution in [0, 0.1) is 11.8 Å². The van der Waals surface area contributed by atoms with Crippen molar-refractivity contribution in [1.82, 2.24) is 4.90 Å². The van der Waals surface area contributed by atoms with Crippen LogP contribution < -0.4 is 15.2 Å². The normalized spacial score (nSPS) is 14.8. The smallest absolute Gasteiger partial charge is 0.410 e. The molecule has 2 rings (SSSR count). The van der Waals surface area contributed by atoms with E-state index in [0.29, 0.717) is 25.4 Å². The molecule has 1 aliphatic heterocycles. The molecule has 1 aromatic carbocycles. The first kappa shape index (κ1) is 21.9. The van der Waals surface area contributed by atoms with Gasteiger partial charge in [-0.25, -0.2) is 4.79 Å². The van der Waals surface area contributed by atoms with E-state index in [9.17, 15) is 4.79 Å². The second kappa shape index (κ2) is 10.2. The molecule has 0 saturated carbocycles. The van der Waals surface area contributed by atoms with Crippen molar-refractivity contribution >= 4 is 6.09 Å². The molecule has 1 fully saturated rings.